The Morgan fingerprint density at radius 1 is 1.04 bits per heavy atom. The molecule has 2 aromatic carbocycles. The molecule has 1 amide bonds. The van der Waals surface area contributed by atoms with Crippen molar-refractivity contribution in [3.63, 3.8) is 0 Å². The Morgan fingerprint density at radius 2 is 1.67 bits per heavy atom. The van der Waals surface area contributed by atoms with Crippen molar-refractivity contribution < 1.29 is 13.2 Å². The minimum Gasteiger partial charge on any atom is -0.322 e. The van der Waals surface area contributed by atoms with Gasteiger partial charge in [0.2, 0.25) is 10.0 Å². The molecule has 0 bridgehead atoms. The fourth-order valence-electron chi connectivity index (χ4n) is 2.38. The van der Waals surface area contributed by atoms with E-state index in [0.29, 0.717) is 11.3 Å². The minimum atomic E-state index is -3.49. The SMILES string of the molecule is Cc1csc(-c2ccc(C(=O)Nc3ccc(S(=O)(=O)N(C)C)cc3)cc2)n1. The molecule has 0 spiro atoms. The van der Waals surface area contributed by atoms with E-state index in [0.717, 1.165) is 20.6 Å². The molecule has 0 aliphatic rings. The van der Waals surface area contributed by atoms with E-state index in [1.165, 1.54) is 26.2 Å². The number of nitrogens with zero attached hydrogens (tertiary/aromatic N) is 2. The van der Waals surface area contributed by atoms with Gasteiger partial charge in [0.05, 0.1) is 4.90 Å². The quantitative estimate of drug-likeness (QED) is 0.708. The highest BCUT2D eigenvalue weighted by Crippen LogP contribution is 2.24. The first-order valence-electron chi connectivity index (χ1n) is 8.14. The Labute approximate surface area is 162 Å². The number of nitrogens with one attached hydrogen (secondary N) is 1. The second-order valence-electron chi connectivity index (χ2n) is 6.14. The van der Waals surface area contributed by atoms with Gasteiger partial charge in [-0.15, -0.1) is 11.3 Å². The number of hydrogen-bond acceptors (Lipinski definition) is 5. The highest BCUT2D eigenvalue weighted by molar-refractivity contribution is 7.89. The fraction of sp³-hybridized carbons (Fsp3) is 0.158. The molecule has 0 unspecified atom stereocenters. The number of hydrogen-bond donors (Lipinski definition) is 1. The van der Waals surface area contributed by atoms with Gasteiger partial charge >= 0.3 is 0 Å². The van der Waals surface area contributed by atoms with Gasteiger partial charge in [0.15, 0.2) is 0 Å². The van der Waals surface area contributed by atoms with Crippen LogP contribution >= 0.6 is 11.3 Å². The maximum absolute atomic E-state index is 12.4. The Kier molecular flexibility index (Phi) is 5.41. The molecule has 1 N–H and O–H groups in total. The maximum atomic E-state index is 12.4. The third-order valence-electron chi connectivity index (χ3n) is 3.90. The molecule has 3 aromatic rings. The zero-order valence-electron chi connectivity index (χ0n) is 15.1. The molecule has 0 saturated heterocycles. The lowest BCUT2D eigenvalue weighted by atomic mass is 10.1. The zero-order valence-corrected chi connectivity index (χ0v) is 16.8. The summed E-state index contributed by atoms with van der Waals surface area (Å²) in [5, 5.41) is 5.67. The predicted molar refractivity (Wildman–Crippen MR) is 108 cm³/mol. The predicted octanol–water partition coefficient (Wildman–Crippen LogP) is 3.62. The average Bonchev–Trinajstić information content (AvgIpc) is 3.08. The number of aromatic nitrogens is 1. The summed E-state index contributed by atoms with van der Waals surface area (Å²) in [6.45, 7) is 1.94. The van der Waals surface area contributed by atoms with Crippen LogP contribution in [-0.2, 0) is 10.0 Å². The molecule has 0 atom stereocenters. The molecular formula is C19H19N3O3S2. The largest absolute Gasteiger partial charge is 0.322 e. The van der Waals surface area contributed by atoms with Crippen LogP contribution in [0.15, 0.2) is 58.8 Å². The molecule has 6 nitrogen and oxygen atoms in total. The summed E-state index contributed by atoms with van der Waals surface area (Å²) in [7, 11) is -0.540. The topological polar surface area (TPSA) is 79.4 Å². The van der Waals surface area contributed by atoms with E-state index in [-0.39, 0.29) is 10.8 Å². The van der Waals surface area contributed by atoms with Gasteiger partial charge in [0, 0.05) is 42.0 Å². The van der Waals surface area contributed by atoms with Crippen LogP contribution in [0.1, 0.15) is 16.1 Å². The molecule has 0 saturated carbocycles. The van der Waals surface area contributed by atoms with E-state index in [4.69, 9.17) is 0 Å². The number of thiazole rings is 1. The lowest BCUT2D eigenvalue weighted by Crippen LogP contribution is -2.22. The van der Waals surface area contributed by atoms with Gasteiger partial charge < -0.3 is 5.32 Å². The second-order valence-corrected chi connectivity index (χ2v) is 9.15. The number of carbonyl (C=O) groups is 1. The lowest BCUT2D eigenvalue weighted by Gasteiger charge is -2.12. The summed E-state index contributed by atoms with van der Waals surface area (Å²) in [5.74, 6) is -0.264. The van der Waals surface area contributed by atoms with Crippen LogP contribution in [0.4, 0.5) is 5.69 Å². The van der Waals surface area contributed by atoms with E-state index in [2.05, 4.69) is 10.3 Å². The standard InChI is InChI=1S/C19H19N3O3S2/c1-13-12-26-19(20-13)15-6-4-14(5-7-15)18(23)21-16-8-10-17(11-9-16)27(24,25)22(2)3/h4-12H,1-3H3,(H,21,23). The average molecular weight is 402 g/mol. The molecule has 140 valence electrons. The van der Waals surface area contributed by atoms with E-state index in [1.54, 1.807) is 35.6 Å². The summed E-state index contributed by atoms with van der Waals surface area (Å²) in [4.78, 5) is 17.0. The van der Waals surface area contributed by atoms with E-state index >= 15 is 0 Å². The van der Waals surface area contributed by atoms with Gasteiger partial charge in [-0.2, -0.15) is 0 Å². The Morgan fingerprint density at radius 3 is 2.19 bits per heavy atom. The van der Waals surface area contributed by atoms with E-state index < -0.39 is 10.0 Å². The fourth-order valence-corrected chi connectivity index (χ4v) is 4.08. The van der Waals surface area contributed by atoms with Crippen molar-refractivity contribution in [3.05, 3.63) is 65.2 Å². The van der Waals surface area contributed by atoms with Crippen LogP contribution in [0.5, 0.6) is 0 Å². The van der Waals surface area contributed by atoms with Crippen LogP contribution in [-0.4, -0.2) is 37.7 Å². The molecule has 0 radical (unpaired) electrons. The first-order chi connectivity index (χ1) is 12.8. The number of sulfonamides is 1. The molecular weight excluding hydrogens is 382 g/mol. The summed E-state index contributed by atoms with van der Waals surface area (Å²) in [6, 6.07) is 13.3. The first-order valence-corrected chi connectivity index (χ1v) is 10.5. The summed E-state index contributed by atoms with van der Waals surface area (Å²) in [6.07, 6.45) is 0. The van der Waals surface area contributed by atoms with Gasteiger partial charge in [-0.05, 0) is 43.3 Å². The van der Waals surface area contributed by atoms with Crippen molar-refractivity contribution in [1.82, 2.24) is 9.29 Å². The van der Waals surface area contributed by atoms with Gasteiger partial charge in [0.1, 0.15) is 5.01 Å². The molecule has 0 aliphatic heterocycles. The van der Waals surface area contributed by atoms with Gasteiger partial charge in [0.25, 0.3) is 5.91 Å². The first kappa shape index (κ1) is 19.2. The van der Waals surface area contributed by atoms with Gasteiger partial charge in [-0.3, -0.25) is 4.79 Å². The van der Waals surface area contributed by atoms with E-state index in [9.17, 15) is 13.2 Å². The summed E-state index contributed by atoms with van der Waals surface area (Å²) >= 11 is 1.56. The Bertz CT molecular complexity index is 1050. The van der Waals surface area contributed by atoms with Crippen LogP contribution in [0, 0.1) is 6.92 Å². The minimum absolute atomic E-state index is 0.175. The molecule has 0 aliphatic carbocycles. The number of anilines is 1. The summed E-state index contributed by atoms with van der Waals surface area (Å²) < 4.78 is 25.3. The second kappa shape index (κ2) is 7.59. The van der Waals surface area contributed by atoms with E-state index in [1.807, 2.05) is 24.4 Å². The molecule has 3 rings (SSSR count). The Balaban J connectivity index is 1.72. The highest BCUT2D eigenvalue weighted by Gasteiger charge is 2.17. The molecule has 8 heteroatoms. The van der Waals surface area contributed by atoms with Gasteiger partial charge in [-0.1, -0.05) is 12.1 Å². The van der Waals surface area contributed by atoms with Crippen molar-refractivity contribution in [1.29, 1.82) is 0 Å². The van der Waals surface area contributed by atoms with Crippen LogP contribution < -0.4 is 5.32 Å². The third kappa shape index (κ3) is 4.24. The summed E-state index contributed by atoms with van der Waals surface area (Å²) in [5.41, 5.74) is 2.97. The highest BCUT2D eigenvalue weighted by atomic mass is 32.2. The maximum Gasteiger partial charge on any atom is 0.255 e. The van der Waals surface area contributed by atoms with Crippen molar-refractivity contribution in [2.45, 2.75) is 11.8 Å². The van der Waals surface area contributed by atoms with Crippen LogP contribution in [0.25, 0.3) is 10.6 Å². The molecule has 27 heavy (non-hydrogen) atoms. The number of aryl methyl sites for hydroxylation is 1. The Hall–Kier alpha value is -2.55. The van der Waals surface area contributed by atoms with Crippen LogP contribution in [0.3, 0.4) is 0 Å². The third-order valence-corrected chi connectivity index (χ3v) is 6.74. The number of carbonyl (C=O) groups excluding carboxylic acids is 1. The van der Waals surface area contributed by atoms with Crippen molar-refractivity contribution in [3.8, 4) is 10.6 Å². The smallest absolute Gasteiger partial charge is 0.255 e. The lowest BCUT2D eigenvalue weighted by molar-refractivity contribution is 0.102. The number of rotatable bonds is 5. The molecule has 0 fully saturated rings. The van der Waals surface area contributed by atoms with Gasteiger partial charge in [-0.25, -0.2) is 17.7 Å². The van der Waals surface area contributed by atoms with Crippen molar-refractivity contribution in [2.24, 2.45) is 0 Å². The molecule has 1 aromatic heterocycles. The van der Waals surface area contributed by atoms with Crippen LogP contribution in [0.2, 0.25) is 0 Å². The van der Waals surface area contributed by atoms with Crippen molar-refractivity contribution in [2.75, 3.05) is 19.4 Å². The normalized spacial score (nSPS) is 11.6. The molecule has 1 heterocycles. The number of benzene rings is 2. The monoisotopic (exact) mass is 401 g/mol. The zero-order chi connectivity index (χ0) is 19.6. The van der Waals surface area contributed by atoms with Crippen molar-refractivity contribution >= 4 is 33.0 Å². The number of amides is 1.